The maximum absolute atomic E-state index is 12.6. The second-order valence-corrected chi connectivity index (χ2v) is 7.45. The summed E-state index contributed by atoms with van der Waals surface area (Å²) in [5, 5.41) is 8.70. The van der Waals surface area contributed by atoms with Gasteiger partial charge in [-0.25, -0.2) is 8.42 Å². The van der Waals surface area contributed by atoms with Crippen molar-refractivity contribution in [1.82, 2.24) is 4.31 Å². The number of benzene rings is 1. The van der Waals surface area contributed by atoms with E-state index in [1.807, 2.05) is 0 Å². The molecule has 1 aliphatic rings. The van der Waals surface area contributed by atoms with Crippen LogP contribution in [0, 0.1) is 5.92 Å². The normalized spacial score (nSPS) is 20.4. The number of hydrogen-bond donors (Lipinski definition) is 1. The van der Waals surface area contributed by atoms with Gasteiger partial charge in [-0.1, -0.05) is 6.92 Å². The van der Waals surface area contributed by atoms with Crippen molar-refractivity contribution in [2.75, 3.05) is 26.3 Å². The number of aliphatic hydroxyl groups is 1. The van der Waals surface area contributed by atoms with Crippen LogP contribution < -0.4 is 4.74 Å². The monoisotopic (exact) mass is 313 g/mol. The zero-order chi connectivity index (χ0) is 15.3. The Morgan fingerprint density at radius 2 is 2.05 bits per heavy atom. The summed E-state index contributed by atoms with van der Waals surface area (Å²) < 4.78 is 32.1. The van der Waals surface area contributed by atoms with Crippen LogP contribution in [0.1, 0.15) is 26.2 Å². The summed E-state index contributed by atoms with van der Waals surface area (Å²) in [5.41, 5.74) is 0. The fourth-order valence-corrected chi connectivity index (χ4v) is 4.07. The molecule has 1 unspecified atom stereocenters. The summed E-state index contributed by atoms with van der Waals surface area (Å²) >= 11 is 0. The molecule has 0 aliphatic carbocycles. The van der Waals surface area contributed by atoms with E-state index in [0.717, 1.165) is 12.8 Å². The Morgan fingerprint density at radius 3 is 2.67 bits per heavy atom. The number of hydrogen-bond acceptors (Lipinski definition) is 4. The topological polar surface area (TPSA) is 66.8 Å². The molecule has 1 aromatic rings. The average molecular weight is 313 g/mol. The lowest BCUT2D eigenvalue weighted by molar-refractivity contribution is 0.233. The molecule has 1 aromatic carbocycles. The van der Waals surface area contributed by atoms with Crippen molar-refractivity contribution in [2.45, 2.75) is 31.1 Å². The van der Waals surface area contributed by atoms with Crippen molar-refractivity contribution < 1.29 is 18.3 Å². The fourth-order valence-electron chi connectivity index (χ4n) is 2.48. The highest BCUT2D eigenvalue weighted by Gasteiger charge is 2.28. The molecule has 0 radical (unpaired) electrons. The van der Waals surface area contributed by atoms with Crippen LogP contribution in [0.4, 0.5) is 0 Å². The molecule has 1 fully saturated rings. The van der Waals surface area contributed by atoms with Crippen LogP contribution in [0.2, 0.25) is 0 Å². The molecule has 1 saturated heterocycles. The summed E-state index contributed by atoms with van der Waals surface area (Å²) in [5.74, 6) is 1.03. The van der Waals surface area contributed by atoms with E-state index < -0.39 is 10.0 Å². The van der Waals surface area contributed by atoms with Gasteiger partial charge in [0.1, 0.15) is 5.75 Å². The first kappa shape index (κ1) is 16.3. The van der Waals surface area contributed by atoms with Gasteiger partial charge in [0.05, 0.1) is 11.5 Å². The number of nitrogens with zero attached hydrogens (tertiary/aromatic N) is 1. The average Bonchev–Trinajstić information content (AvgIpc) is 2.48. The molecule has 5 nitrogen and oxygen atoms in total. The van der Waals surface area contributed by atoms with E-state index in [-0.39, 0.29) is 6.61 Å². The lowest BCUT2D eigenvalue weighted by atomic mass is 10.0. The van der Waals surface area contributed by atoms with Gasteiger partial charge in [-0.2, -0.15) is 4.31 Å². The van der Waals surface area contributed by atoms with Crippen molar-refractivity contribution in [3.8, 4) is 5.75 Å². The van der Waals surface area contributed by atoms with Crippen LogP contribution >= 0.6 is 0 Å². The molecule has 2 rings (SSSR count). The number of rotatable bonds is 6. The van der Waals surface area contributed by atoms with E-state index in [1.54, 1.807) is 28.6 Å². The molecular weight excluding hydrogens is 290 g/mol. The Bertz CT molecular complexity index is 541. The van der Waals surface area contributed by atoms with Crippen molar-refractivity contribution in [3.05, 3.63) is 24.3 Å². The second-order valence-electron chi connectivity index (χ2n) is 5.51. The highest BCUT2D eigenvalue weighted by molar-refractivity contribution is 7.89. The fraction of sp³-hybridized carbons (Fsp3) is 0.600. The Hall–Kier alpha value is -1.11. The zero-order valence-corrected chi connectivity index (χ0v) is 13.2. The van der Waals surface area contributed by atoms with Crippen LogP contribution in [0.3, 0.4) is 0 Å². The molecule has 0 amide bonds. The van der Waals surface area contributed by atoms with Gasteiger partial charge in [0, 0.05) is 26.1 Å². The SMILES string of the molecule is CC1CCCN(S(=O)(=O)c2ccc(OCCCO)cc2)C1. The molecular formula is C15H23NO4S. The first-order chi connectivity index (χ1) is 10.0. The Balaban J connectivity index is 2.06. The van der Waals surface area contributed by atoms with Crippen molar-refractivity contribution in [3.63, 3.8) is 0 Å². The molecule has 1 heterocycles. The number of sulfonamides is 1. The van der Waals surface area contributed by atoms with Crippen LogP contribution in [0.25, 0.3) is 0 Å². The molecule has 21 heavy (non-hydrogen) atoms. The lowest BCUT2D eigenvalue weighted by Gasteiger charge is -2.30. The van der Waals surface area contributed by atoms with Gasteiger partial charge in [0.2, 0.25) is 10.0 Å². The number of piperidine rings is 1. The van der Waals surface area contributed by atoms with Crippen LogP contribution in [-0.4, -0.2) is 44.1 Å². The third-order valence-electron chi connectivity index (χ3n) is 3.65. The molecule has 1 atom stereocenters. The Kier molecular flexibility index (Phi) is 5.61. The third-order valence-corrected chi connectivity index (χ3v) is 5.53. The van der Waals surface area contributed by atoms with Crippen molar-refractivity contribution >= 4 is 10.0 Å². The Labute approximate surface area is 126 Å². The number of ether oxygens (including phenoxy) is 1. The van der Waals surface area contributed by atoms with Gasteiger partial charge >= 0.3 is 0 Å². The standard InChI is InChI=1S/C15H23NO4S/c1-13-4-2-9-16(12-13)21(18,19)15-7-5-14(6-8-15)20-11-3-10-17/h5-8,13,17H,2-4,9-12H2,1H3. The zero-order valence-electron chi connectivity index (χ0n) is 12.4. The van der Waals surface area contributed by atoms with E-state index in [1.165, 1.54) is 0 Å². The van der Waals surface area contributed by atoms with Crippen LogP contribution in [-0.2, 0) is 10.0 Å². The minimum atomic E-state index is -3.40. The van der Waals surface area contributed by atoms with E-state index in [9.17, 15) is 8.42 Å². The summed E-state index contributed by atoms with van der Waals surface area (Å²) in [6.45, 7) is 3.78. The predicted molar refractivity (Wildman–Crippen MR) is 80.8 cm³/mol. The van der Waals surface area contributed by atoms with Gasteiger partial charge < -0.3 is 9.84 Å². The molecule has 118 valence electrons. The minimum Gasteiger partial charge on any atom is -0.494 e. The second kappa shape index (κ2) is 7.24. The summed E-state index contributed by atoms with van der Waals surface area (Å²) in [7, 11) is -3.40. The molecule has 0 bridgehead atoms. The van der Waals surface area contributed by atoms with E-state index in [0.29, 0.717) is 42.7 Å². The quantitative estimate of drug-likeness (QED) is 0.814. The maximum atomic E-state index is 12.6. The predicted octanol–water partition coefficient (Wildman–Crippen LogP) is 1.87. The first-order valence-electron chi connectivity index (χ1n) is 7.38. The van der Waals surface area contributed by atoms with Crippen LogP contribution in [0.15, 0.2) is 29.2 Å². The lowest BCUT2D eigenvalue weighted by Crippen LogP contribution is -2.39. The highest BCUT2D eigenvalue weighted by Crippen LogP contribution is 2.24. The van der Waals surface area contributed by atoms with Gasteiger partial charge in [0.15, 0.2) is 0 Å². The van der Waals surface area contributed by atoms with E-state index in [4.69, 9.17) is 9.84 Å². The van der Waals surface area contributed by atoms with Gasteiger partial charge in [-0.05, 0) is 43.0 Å². The summed E-state index contributed by atoms with van der Waals surface area (Å²) in [4.78, 5) is 0.311. The van der Waals surface area contributed by atoms with Gasteiger partial charge in [-0.15, -0.1) is 0 Å². The molecule has 6 heteroatoms. The third kappa shape index (κ3) is 4.18. The summed E-state index contributed by atoms with van der Waals surface area (Å²) in [6.07, 6.45) is 2.57. The summed E-state index contributed by atoms with van der Waals surface area (Å²) in [6, 6.07) is 6.50. The van der Waals surface area contributed by atoms with Crippen molar-refractivity contribution in [1.29, 1.82) is 0 Å². The molecule has 0 saturated carbocycles. The largest absolute Gasteiger partial charge is 0.494 e. The Morgan fingerprint density at radius 1 is 1.33 bits per heavy atom. The highest BCUT2D eigenvalue weighted by atomic mass is 32.2. The number of aliphatic hydroxyl groups excluding tert-OH is 1. The molecule has 0 spiro atoms. The first-order valence-corrected chi connectivity index (χ1v) is 8.82. The van der Waals surface area contributed by atoms with E-state index in [2.05, 4.69) is 6.92 Å². The molecule has 1 aliphatic heterocycles. The maximum Gasteiger partial charge on any atom is 0.243 e. The van der Waals surface area contributed by atoms with Gasteiger partial charge in [0.25, 0.3) is 0 Å². The van der Waals surface area contributed by atoms with Crippen molar-refractivity contribution in [2.24, 2.45) is 5.92 Å². The minimum absolute atomic E-state index is 0.0829. The molecule has 0 aromatic heterocycles. The molecule has 1 N–H and O–H groups in total. The smallest absolute Gasteiger partial charge is 0.243 e. The van der Waals surface area contributed by atoms with E-state index >= 15 is 0 Å². The van der Waals surface area contributed by atoms with Crippen LogP contribution in [0.5, 0.6) is 5.75 Å². The van der Waals surface area contributed by atoms with Gasteiger partial charge in [-0.3, -0.25) is 0 Å².